The molecule has 0 aliphatic carbocycles. The Labute approximate surface area is 138 Å². The summed E-state index contributed by atoms with van der Waals surface area (Å²) in [5.41, 5.74) is 1.24. The van der Waals surface area contributed by atoms with Gasteiger partial charge in [0.15, 0.2) is 0 Å². The van der Waals surface area contributed by atoms with Crippen LogP contribution in [0.4, 0.5) is 5.69 Å². The van der Waals surface area contributed by atoms with Crippen LogP contribution in [0, 0.1) is 0 Å². The number of carbonyl (C=O) groups is 1. The predicted molar refractivity (Wildman–Crippen MR) is 93.5 cm³/mol. The Morgan fingerprint density at radius 1 is 1.26 bits per heavy atom. The summed E-state index contributed by atoms with van der Waals surface area (Å²) in [6.45, 7) is 9.20. The van der Waals surface area contributed by atoms with Crippen LogP contribution < -0.4 is 4.31 Å². The fourth-order valence-corrected chi connectivity index (χ4v) is 3.66. The predicted octanol–water partition coefficient (Wildman–Crippen LogP) is 3.24. The second-order valence-corrected chi connectivity index (χ2v) is 7.17. The van der Waals surface area contributed by atoms with Crippen molar-refractivity contribution in [2.24, 2.45) is 0 Å². The lowest BCUT2D eigenvalue weighted by Crippen LogP contribution is -2.33. The van der Waals surface area contributed by atoms with Crippen LogP contribution in [0.3, 0.4) is 0 Å². The summed E-state index contributed by atoms with van der Waals surface area (Å²) in [5, 5.41) is 9.26. The number of benzene rings is 1. The van der Waals surface area contributed by atoms with Crippen LogP contribution in [0.15, 0.2) is 43.5 Å². The van der Waals surface area contributed by atoms with Crippen LogP contribution >= 0.6 is 0 Å². The van der Waals surface area contributed by atoms with E-state index in [0.717, 1.165) is 12.0 Å². The summed E-state index contributed by atoms with van der Waals surface area (Å²) in [5.74, 6) is -1.16. The highest BCUT2D eigenvalue weighted by Crippen LogP contribution is 2.24. The molecule has 1 N–H and O–H groups in total. The lowest BCUT2D eigenvalue weighted by atomic mass is 10.1. The first-order valence-electron chi connectivity index (χ1n) is 7.45. The van der Waals surface area contributed by atoms with Gasteiger partial charge in [-0.25, -0.2) is 13.2 Å². The van der Waals surface area contributed by atoms with Crippen molar-refractivity contribution in [2.45, 2.75) is 26.2 Å². The number of sulfonamides is 1. The van der Waals surface area contributed by atoms with E-state index in [1.807, 2.05) is 6.92 Å². The van der Waals surface area contributed by atoms with Crippen molar-refractivity contribution >= 4 is 21.7 Å². The minimum atomic E-state index is -3.58. The molecule has 1 rings (SSSR count). The van der Waals surface area contributed by atoms with Crippen molar-refractivity contribution in [1.29, 1.82) is 0 Å². The number of hydrogen-bond donors (Lipinski definition) is 1. The van der Waals surface area contributed by atoms with Gasteiger partial charge in [0.2, 0.25) is 10.0 Å². The van der Waals surface area contributed by atoms with E-state index in [1.165, 1.54) is 16.4 Å². The molecule has 23 heavy (non-hydrogen) atoms. The normalized spacial score (nSPS) is 11.0. The summed E-state index contributed by atoms with van der Waals surface area (Å²) in [6, 6.07) is 4.69. The van der Waals surface area contributed by atoms with Gasteiger partial charge in [0.25, 0.3) is 0 Å². The van der Waals surface area contributed by atoms with E-state index in [0.29, 0.717) is 18.5 Å². The van der Waals surface area contributed by atoms with Crippen LogP contribution in [0.1, 0.15) is 35.7 Å². The third kappa shape index (κ3) is 5.25. The Morgan fingerprint density at radius 2 is 1.96 bits per heavy atom. The van der Waals surface area contributed by atoms with E-state index in [4.69, 9.17) is 0 Å². The Morgan fingerprint density at radius 3 is 2.48 bits per heavy atom. The van der Waals surface area contributed by atoms with Crippen LogP contribution in [-0.2, 0) is 16.4 Å². The van der Waals surface area contributed by atoms with Gasteiger partial charge in [-0.15, -0.1) is 13.2 Å². The average molecular weight is 337 g/mol. The smallest absolute Gasteiger partial charge is 0.335 e. The number of carboxylic acid groups (broad SMARTS) is 1. The maximum atomic E-state index is 12.5. The molecule has 1 aromatic rings. The number of anilines is 1. The van der Waals surface area contributed by atoms with E-state index in [9.17, 15) is 18.3 Å². The van der Waals surface area contributed by atoms with Gasteiger partial charge in [0.05, 0.1) is 23.5 Å². The molecule has 0 unspecified atom stereocenters. The highest BCUT2D eigenvalue weighted by Gasteiger charge is 2.22. The quantitative estimate of drug-likeness (QED) is 0.665. The largest absolute Gasteiger partial charge is 0.478 e. The summed E-state index contributed by atoms with van der Waals surface area (Å²) in [6.07, 6.45) is 4.88. The van der Waals surface area contributed by atoms with Crippen molar-refractivity contribution in [3.05, 3.63) is 54.6 Å². The summed E-state index contributed by atoms with van der Waals surface area (Å²) < 4.78 is 26.2. The standard InChI is InChI=1S/C17H23NO4S/c1-4-7-10-23(21,22)18(9-6-3)16-12-14(8-5-2)11-15(13-16)17(19)20/h4,6,11-13H,1,3,5,7-10H2,2H3,(H,19,20). The van der Waals surface area contributed by atoms with Gasteiger partial charge in [0.1, 0.15) is 0 Å². The van der Waals surface area contributed by atoms with Gasteiger partial charge in [0, 0.05) is 0 Å². The van der Waals surface area contributed by atoms with E-state index in [-0.39, 0.29) is 17.9 Å². The number of nitrogens with zero attached hydrogens (tertiary/aromatic N) is 1. The molecule has 6 heteroatoms. The SMILES string of the molecule is C=CCCS(=O)(=O)N(CC=C)c1cc(CCC)cc(C(=O)O)c1. The van der Waals surface area contributed by atoms with E-state index < -0.39 is 16.0 Å². The highest BCUT2D eigenvalue weighted by atomic mass is 32.2. The monoisotopic (exact) mass is 337 g/mol. The van der Waals surface area contributed by atoms with Crippen molar-refractivity contribution in [3.63, 3.8) is 0 Å². The number of rotatable bonds is 10. The number of aryl methyl sites for hydroxylation is 1. The Bertz CT molecular complexity index is 680. The van der Waals surface area contributed by atoms with Crippen molar-refractivity contribution in [2.75, 3.05) is 16.6 Å². The zero-order valence-electron chi connectivity index (χ0n) is 13.4. The molecule has 0 saturated heterocycles. The molecule has 0 bridgehead atoms. The molecule has 0 aliphatic rings. The second-order valence-electron chi connectivity index (χ2n) is 5.16. The first kappa shape index (κ1) is 19.0. The van der Waals surface area contributed by atoms with E-state index >= 15 is 0 Å². The molecule has 0 saturated carbocycles. The van der Waals surface area contributed by atoms with Crippen LogP contribution in [0.25, 0.3) is 0 Å². The fourth-order valence-electron chi connectivity index (χ4n) is 2.21. The molecule has 1 aromatic carbocycles. The Kier molecular flexibility index (Phi) is 7.03. The van der Waals surface area contributed by atoms with Gasteiger partial charge in [-0.05, 0) is 36.6 Å². The molecule has 0 atom stereocenters. The van der Waals surface area contributed by atoms with Crippen molar-refractivity contribution in [3.8, 4) is 0 Å². The molecule has 0 spiro atoms. The minimum absolute atomic E-state index is 0.0786. The van der Waals surface area contributed by atoms with E-state index in [1.54, 1.807) is 18.2 Å². The zero-order chi connectivity index (χ0) is 17.5. The molecule has 0 amide bonds. The lowest BCUT2D eigenvalue weighted by Gasteiger charge is -2.24. The van der Waals surface area contributed by atoms with Gasteiger partial charge in [-0.1, -0.05) is 25.5 Å². The van der Waals surface area contributed by atoms with Crippen molar-refractivity contribution in [1.82, 2.24) is 0 Å². The lowest BCUT2D eigenvalue weighted by molar-refractivity contribution is 0.0696. The third-order valence-electron chi connectivity index (χ3n) is 3.26. The Hall–Kier alpha value is -2.08. The summed E-state index contributed by atoms with van der Waals surface area (Å²) in [7, 11) is -3.58. The molecule has 5 nitrogen and oxygen atoms in total. The van der Waals surface area contributed by atoms with Crippen LogP contribution in [-0.4, -0.2) is 31.8 Å². The fraction of sp³-hybridized carbons (Fsp3) is 0.353. The molecule has 0 aromatic heterocycles. The van der Waals surface area contributed by atoms with Gasteiger partial charge < -0.3 is 5.11 Å². The number of allylic oxidation sites excluding steroid dienone is 1. The maximum Gasteiger partial charge on any atom is 0.335 e. The minimum Gasteiger partial charge on any atom is -0.478 e. The zero-order valence-corrected chi connectivity index (χ0v) is 14.2. The molecule has 0 aliphatic heterocycles. The first-order valence-corrected chi connectivity index (χ1v) is 9.06. The summed E-state index contributed by atoms with van der Waals surface area (Å²) in [4.78, 5) is 11.3. The molecular formula is C17H23NO4S. The van der Waals surface area contributed by atoms with Crippen LogP contribution in [0.5, 0.6) is 0 Å². The molecule has 0 fully saturated rings. The first-order chi connectivity index (χ1) is 10.9. The third-order valence-corrected chi connectivity index (χ3v) is 5.04. The summed E-state index contributed by atoms with van der Waals surface area (Å²) >= 11 is 0. The van der Waals surface area contributed by atoms with Gasteiger partial charge in [-0.2, -0.15) is 0 Å². The molecule has 0 radical (unpaired) electrons. The molecule has 126 valence electrons. The molecule has 0 heterocycles. The van der Waals surface area contributed by atoms with E-state index in [2.05, 4.69) is 13.2 Å². The average Bonchev–Trinajstić information content (AvgIpc) is 2.50. The number of hydrogen-bond acceptors (Lipinski definition) is 3. The maximum absolute atomic E-state index is 12.5. The highest BCUT2D eigenvalue weighted by molar-refractivity contribution is 7.92. The van der Waals surface area contributed by atoms with Crippen molar-refractivity contribution < 1.29 is 18.3 Å². The molecular weight excluding hydrogens is 314 g/mol. The van der Waals surface area contributed by atoms with Gasteiger partial charge in [-0.3, -0.25) is 4.31 Å². The number of aromatic carboxylic acids is 1. The number of carboxylic acids is 1. The van der Waals surface area contributed by atoms with Gasteiger partial charge >= 0.3 is 5.97 Å². The topological polar surface area (TPSA) is 74.7 Å². The van der Waals surface area contributed by atoms with Crippen LogP contribution in [0.2, 0.25) is 0 Å². The second kappa shape index (κ2) is 8.53. The Balaban J connectivity index is 3.37.